The van der Waals surface area contributed by atoms with Gasteiger partial charge in [-0.1, -0.05) is 53.5 Å². The first-order chi connectivity index (χ1) is 14.8. The number of hydrogen-bond acceptors (Lipinski definition) is 4. The fourth-order valence-electron chi connectivity index (χ4n) is 3.51. The van der Waals surface area contributed by atoms with Crippen LogP contribution in [0, 0.1) is 5.92 Å². The van der Waals surface area contributed by atoms with Gasteiger partial charge in [0.2, 0.25) is 15.9 Å². The summed E-state index contributed by atoms with van der Waals surface area (Å²) in [6.45, 7) is 1.31. The highest BCUT2D eigenvalue weighted by molar-refractivity contribution is 7.98. The molecule has 0 aromatic heterocycles. The molecule has 0 atom stereocenters. The molecule has 31 heavy (non-hydrogen) atoms. The fraction of sp³-hybridized carbons (Fsp3) is 0.409. The minimum absolute atomic E-state index is 0.00485. The summed E-state index contributed by atoms with van der Waals surface area (Å²) in [6.07, 6.45) is 1.07. The van der Waals surface area contributed by atoms with Gasteiger partial charge >= 0.3 is 0 Å². The first-order valence-corrected chi connectivity index (χ1v) is 13.7. The summed E-state index contributed by atoms with van der Waals surface area (Å²) in [5.74, 6) is 1.38. The molecule has 2 aromatic rings. The predicted octanol–water partition coefficient (Wildman–Crippen LogP) is 4.58. The number of nitrogens with one attached hydrogen (secondary N) is 1. The molecule has 1 N–H and O–H groups in total. The third-order valence-electron chi connectivity index (χ3n) is 5.22. The summed E-state index contributed by atoms with van der Waals surface area (Å²) >= 11 is 13.8. The van der Waals surface area contributed by atoms with Crippen molar-refractivity contribution in [1.29, 1.82) is 0 Å². The topological polar surface area (TPSA) is 66.5 Å². The van der Waals surface area contributed by atoms with E-state index in [4.69, 9.17) is 23.2 Å². The van der Waals surface area contributed by atoms with Gasteiger partial charge in [-0.15, -0.1) is 0 Å². The molecule has 168 valence electrons. The molecule has 1 fully saturated rings. The quantitative estimate of drug-likeness (QED) is 0.511. The Kier molecular flexibility index (Phi) is 9.10. The van der Waals surface area contributed by atoms with E-state index >= 15 is 0 Å². The van der Waals surface area contributed by atoms with Crippen LogP contribution in [0.25, 0.3) is 0 Å². The number of piperidine rings is 1. The third-order valence-corrected chi connectivity index (χ3v) is 8.68. The second kappa shape index (κ2) is 11.6. The fourth-order valence-corrected chi connectivity index (χ4v) is 6.42. The van der Waals surface area contributed by atoms with Crippen molar-refractivity contribution >= 4 is 50.9 Å². The average Bonchev–Trinajstić information content (AvgIpc) is 2.74. The molecule has 0 spiro atoms. The van der Waals surface area contributed by atoms with Gasteiger partial charge in [0.15, 0.2) is 0 Å². The molecule has 9 heteroatoms. The normalized spacial score (nSPS) is 15.7. The number of benzene rings is 2. The number of thioether (sulfide) groups is 1. The van der Waals surface area contributed by atoms with Gasteiger partial charge in [0.25, 0.3) is 0 Å². The molecule has 3 rings (SSSR count). The molecule has 0 bridgehead atoms. The molecular formula is C22H26Cl2N2O3S2. The lowest BCUT2D eigenvalue weighted by atomic mass is 9.97. The molecule has 0 radical (unpaired) electrons. The van der Waals surface area contributed by atoms with Crippen molar-refractivity contribution in [3.63, 3.8) is 0 Å². The Morgan fingerprint density at radius 1 is 1.10 bits per heavy atom. The third kappa shape index (κ3) is 7.39. The number of hydrogen-bond donors (Lipinski definition) is 1. The maximum atomic E-state index is 12.7. The SMILES string of the molecule is O=C(NCCSCc1ccccc1Cl)C1CCN(S(=O)(=O)Cc2cccc(Cl)c2)CC1. The maximum Gasteiger partial charge on any atom is 0.223 e. The summed E-state index contributed by atoms with van der Waals surface area (Å²) in [5, 5.41) is 4.26. The highest BCUT2D eigenvalue weighted by atomic mass is 35.5. The Morgan fingerprint density at radius 3 is 2.55 bits per heavy atom. The van der Waals surface area contributed by atoms with Crippen LogP contribution >= 0.6 is 35.0 Å². The number of halogens is 2. The van der Waals surface area contributed by atoms with Crippen molar-refractivity contribution in [2.75, 3.05) is 25.4 Å². The lowest BCUT2D eigenvalue weighted by Gasteiger charge is -2.30. The molecular weight excluding hydrogens is 475 g/mol. The number of sulfonamides is 1. The van der Waals surface area contributed by atoms with Gasteiger partial charge in [0.1, 0.15) is 0 Å². The van der Waals surface area contributed by atoms with Crippen LogP contribution in [0.1, 0.15) is 24.0 Å². The van der Waals surface area contributed by atoms with Crippen molar-refractivity contribution in [1.82, 2.24) is 9.62 Å². The minimum Gasteiger partial charge on any atom is -0.355 e. The number of rotatable bonds is 9. The molecule has 1 aliphatic rings. The van der Waals surface area contributed by atoms with E-state index in [-0.39, 0.29) is 17.6 Å². The van der Waals surface area contributed by atoms with E-state index < -0.39 is 10.0 Å². The molecule has 1 aliphatic heterocycles. The number of carbonyl (C=O) groups excluding carboxylic acids is 1. The van der Waals surface area contributed by atoms with Crippen molar-refractivity contribution in [3.05, 3.63) is 69.7 Å². The molecule has 1 heterocycles. The zero-order valence-electron chi connectivity index (χ0n) is 17.1. The van der Waals surface area contributed by atoms with Crippen LogP contribution in [0.3, 0.4) is 0 Å². The summed E-state index contributed by atoms with van der Waals surface area (Å²) in [7, 11) is -3.43. The molecule has 0 saturated carbocycles. The molecule has 1 saturated heterocycles. The van der Waals surface area contributed by atoms with E-state index in [1.807, 2.05) is 24.3 Å². The highest BCUT2D eigenvalue weighted by Crippen LogP contribution is 2.23. The number of carbonyl (C=O) groups is 1. The van der Waals surface area contributed by atoms with Crippen molar-refractivity contribution in [3.8, 4) is 0 Å². The molecule has 0 unspecified atom stereocenters. The van der Waals surface area contributed by atoms with Crippen LogP contribution in [-0.4, -0.2) is 44.0 Å². The maximum absolute atomic E-state index is 12.7. The second-order valence-electron chi connectivity index (χ2n) is 7.49. The lowest BCUT2D eigenvalue weighted by molar-refractivity contribution is -0.125. The van der Waals surface area contributed by atoms with Gasteiger partial charge < -0.3 is 5.32 Å². The molecule has 0 aliphatic carbocycles. The molecule has 1 amide bonds. The largest absolute Gasteiger partial charge is 0.355 e. The van der Waals surface area contributed by atoms with Gasteiger partial charge in [0, 0.05) is 47.1 Å². The smallest absolute Gasteiger partial charge is 0.223 e. The van der Waals surface area contributed by atoms with Gasteiger partial charge in [-0.2, -0.15) is 11.8 Å². The van der Waals surface area contributed by atoms with E-state index in [2.05, 4.69) is 5.32 Å². The first-order valence-electron chi connectivity index (χ1n) is 10.2. The number of nitrogens with zero attached hydrogens (tertiary/aromatic N) is 1. The van der Waals surface area contributed by atoms with Crippen LogP contribution in [-0.2, 0) is 26.3 Å². The standard InChI is InChI=1S/C22H26Cl2N2O3S2/c23-20-6-3-4-17(14-20)16-31(28,29)26-11-8-18(9-12-26)22(27)25-10-13-30-15-19-5-1-2-7-21(19)24/h1-7,14,18H,8-13,15-16H2,(H,25,27). The Labute approximate surface area is 198 Å². The summed E-state index contributed by atoms with van der Waals surface area (Å²) < 4.78 is 26.9. The Balaban J connectivity index is 1.37. The van der Waals surface area contributed by atoms with E-state index in [1.54, 1.807) is 36.0 Å². The van der Waals surface area contributed by atoms with Gasteiger partial charge in [0.05, 0.1) is 5.75 Å². The van der Waals surface area contributed by atoms with E-state index in [0.717, 1.165) is 22.1 Å². The zero-order valence-corrected chi connectivity index (χ0v) is 20.2. The van der Waals surface area contributed by atoms with Crippen molar-refractivity contribution in [2.45, 2.75) is 24.3 Å². The van der Waals surface area contributed by atoms with Crippen molar-refractivity contribution in [2.24, 2.45) is 5.92 Å². The first kappa shape index (κ1) is 24.4. The van der Waals surface area contributed by atoms with Crippen LogP contribution < -0.4 is 5.32 Å². The highest BCUT2D eigenvalue weighted by Gasteiger charge is 2.31. The van der Waals surface area contributed by atoms with Crippen LogP contribution in [0.4, 0.5) is 0 Å². The van der Waals surface area contributed by atoms with E-state index in [0.29, 0.717) is 43.1 Å². The van der Waals surface area contributed by atoms with E-state index in [1.165, 1.54) is 4.31 Å². The number of amides is 1. The average molecular weight is 502 g/mol. The summed E-state index contributed by atoms with van der Waals surface area (Å²) in [4.78, 5) is 12.4. The zero-order chi connectivity index (χ0) is 22.3. The van der Waals surface area contributed by atoms with Crippen LogP contribution in [0.15, 0.2) is 48.5 Å². The van der Waals surface area contributed by atoms with Crippen molar-refractivity contribution < 1.29 is 13.2 Å². The Morgan fingerprint density at radius 2 is 1.84 bits per heavy atom. The van der Waals surface area contributed by atoms with Gasteiger partial charge in [-0.3, -0.25) is 4.79 Å². The Hall–Kier alpha value is -1.25. The monoisotopic (exact) mass is 500 g/mol. The molecule has 5 nitrogen and oxygen atoms in total. The predicted molar refractivity (Wildman–Crippen MR) is 129 cm³/mol. The van der Waals surface area contributed by atoms with E-state index in [9.17, 15) is 13.2 Å². The second-order valence-corrected chi connectivity index (χ2v) is 11.4. The van der Waals surface area contributed by atoms with Gasteiger partial charge in [-0.25, -0.2) is 12.7 Å². The van der Waals surface area contributed by atoms with Gasteiger partial charge in [-0.05, 0) is 42.2 Å². The summed E-state index contributed by atoms with van der Waals surface area (Å²) in [6, 6.07) is 14.6. The Bertz CT molecular complexity index is 994. The molecule has 2 aromatic carbocycles. The van der Waals surface area contributed by atoms with Crippen LogP contribution in [0.5, 0.6) is 0 Å². The summed E-state index contributed by atoms with van der Waals surface area (Å²) in [5.41, 5.74) is 1.76. The minimum atomic E-state index is -3.43. The van der Waals surface area contributed by atoms with Crippen LogP contribution in [0.2, 0.25) is 10.0 Å². The lowest BCUT2D eigenvalue weighted by Crippen LogP contribution is -2.43.